The molecule has 0 aliphatic rings. The molecule has 0 amide bonds. The third-order valence-corrected chi connectivity index (χ3v) is 3.59. The van der Waals surface area contributed by atoms with Crippen LogP contribution in [0.3, 0.4) is 0 Å². The second-order valence-corrected chi connectivity index (χ2v) is 4.95. The van der Waals surface area contributed by atoms with Crippen LogP contribution >= 0.6 is 23.2 Å². The van der Waals surface area contributed by atoms with E-state index in [2.05, 4.69) is 4.74 Å². The molecule has 8 heteroatoms. The van der Waals surface area contributed by atoms with Crippen molar-refractivity contribution in [1.29, 1.82) is 0 Å². The molecule has 1 nitrogen and oxygen atoms in total. The summed E-state index contributed by atoms with van der Waals surface area (Å²) in [6.07, 6.45) is -4.86. The highest BCUT2D eigenvalue weighted by Gasteiger charge is 2.36. The van der Waals surface area contributed by atoms with Crippen molar-refractivity contribution in [2.75, 3.05) is 0 Å². The summed E-state index contributed by atoms with van der Waals surface area (Å²) in [6.45, 7) is -3.42. The molecule has 2 rings (SSSR count). The van der Waals surface area contributed by atoms with Crippen LogP contribution in [-0.2, 0) is 6.18 Å². The molecule has 0 atom stereocenters. The molecule has 0 fully saturated rings. The predicted molar refractivity (Wildman–Crippen MR) is 73.5 cm³/mol. The van der Waals surface area contributed by atoms with Crippen LogP contribution in [-0.4, -0.2) is 6.61 Å². The topological polar surface area (TPSA) is 9.23 Å². The summed E-state index contributed by atoms with van der Waals surface area (Å²) in [6, 6.07) is 7.16. The number of alkyl halides is 5. The lowest BCUT2D eigenvalue weighted by Gasteiger charge is -2.18. The Morgan fingerprint density at radius 3 is 2.09 bits per heavy atom. The Bertz CT molecular complexity index is 685. The molecule has 0 spiro atoms. The molecule has 0 bridgehead atoms. The summed E-state index contributed by atoms with van der Waals surface area (Å²) in [7, 11) is 0. The Labute approximate surface area is 132 Å². The molecule has 0 aliphatic heterocycles. The molecule has 118 valence electrons. The normalized spacial score (nSPS) is 11.8. The number of benzene rings is 2. The lowest BCUT2D eigenvalue weighted by atomic mass is 10.0. The van der Waals surface area contributed by atoms with Gasteiger partial charge in [0.05, 0.1) is 15.6 Å². The van der Waals surface area contributed by atoms with E-state index in [0.717, 1.165) is 6.07 Å². The number of hydrogen-bond donors (Lipinski definition) is 0. The van der Waals surface area contributed by atoms with Crippen LogP contribution in [0.1, 0.15) is 5.56 Å². The molecule has 0 aliphatic carbocycles. The van der Waals surface area contributed by atoms with Crippen LogP contribution in [0, 0.1) is 0 Å². The van der Waals surface area contributed by atoms with Gasteiger partial charge in [0.1, 0.15) is 5.75 Å². The zero-order valence-corrected chi connectivity index (χ0v) is 12.1. The van der Waals surface area contributed by atoms with Crippen LogP contribution < -0.4 is 4.74 Å². The van der Waals surface area contributed by atoms with E-state index in [4.69, 9.17) is 23.2 Å². The molecule has 2 aromatic carbocycles. The van der Waals surface area contributed by atoms with E-state index >= 15 is 0 Å². The van der Waals surface area contributed by atoms with Crippen molar-refractivity contribution in [3.63, 3.8) is 0 Å². The highest BCUT2D eigenvalue weighted by Crippen LogP contribution is 2.45. The Hall–Kier alpha value is -1.53. The van der Waals surface area contributed by atoms with E-state index in [1.807, 2.05) is 0 Å². The maximum atomic E-state index is 13.0. The Balaban J connectivity index is 2.73. The zero-order valence-electron chi connectivity index (χ0n) is 10.6. The molecule has 0 heterocycles. The predicted octanol–water partition coefficient (Wildman–Crippen LogP) is 6.28. The standard InChI is InChI=1S/C14H7Cl2F5O/c15-10-6-2-3-7(11(10)16)8-4-1-5-9(14(19,20)21)12(8)22-13(17)18/h1-6,13H. The fourth-order valence-corrected chi connectivity index (χ4v) is 2.30. The Morgan fingerprint density at radius 1 is 0.909 bits per heavy atom. The summed E-state index contributed by atoms with van der Waals surface area (Å²) in [4.78, 5) is 0. The first-order valence-corrected chi connectivity index (χ1v) is 6.57. The van der Waals surface area contributed by atoms with Gasteiger partial charge in [-0.2, -0.15) is 22.0 Å². The zero-order chi connectivity index (χ0) is 16.5. The first kappa shape index (κ1) is 16.8. The number of para-hydroxylation sites is 1. The van der Waals surface area contributed by atoms with Crippen LogP contribution in [0.25, 0.3) is 11.1 Å². The Morgan fingerprint density at radius 2 is 1.50 bits per heavy atom. The van der Waals surface area contributed by atoms with E-state index in [-0.39, 0.29) is 21.2 Å². The van der Waals surface area contributed by atoms with Crippen LogP contribution in [0.2, 0.25) is 10.0 Å². The average Bonchev–Trinajstić information content (AvgIpc) is 2.40. The maximum Gasteiger partial charge on any atom is 0.419 e. The molecule has 2 aromatic rings. The van der Waals surface area contributed by atoms with Gasteiger partial charge in [0.2, 0.25) is 0 Å². The average molecular weight is 357 g/mol. The first-order chi connectivity index (χ1) is 10.2. The van der Waals surface area contributed by atoms with E-state index in [1.165, 1.54) is 24.3 Å². The summed E-state index contributed by atoms with van der Waals surface area (Å²) in [5.41, 5.74) is -1.47. The van der Waals surface area contributed by atoms with E-state index < -0.39 is 24.1 Å². The lowest BCUT2D eigenvalue weighted by Crippen LogP contribution is -2.12. The number of rotatable bonds is 3. The van der Waals surface area contributed by atoms with Crippen molar-refractivity contribution in [3.8, 4) is 16.9 Å². The summed E-state index contributed by atoms with van der Waals surface area (Å²) >= 11 is 11.8. The molecule has 0 unspecified atom stereocenters. The minimum Gasteiger partial charge on any atom is -0.434 e. The fourth-order valence-electron chi connectivity index (χ4n) is 1.90. The summed E-state index contributed by atoms with van der Waals surface area (Å²) in [5.74, 6) is -0.992. The van der Waals surface area contributed by atoms with Gasteiger partial charge < -0.3 is 4.74 Å². The van der Waals surface area contributed by atoms with E-state index in [9.17, 15) is 22.0 Å². The lowest BCUT2D eigenvalue weighted by molar-refractivity contribution is -0.141. The van der Waals surface area contributed by atoms with E-state index in [0.29, 0.717) is 6.07 Å². The highest BCUT2D eigenvalue weighted by molar-refractivity contribution is 6.43. The van der Waals surface area contributed by atoms with Gasteiger partial charge in [0.15, 0.2) is 0 Å². The molecule has 0 aromatic heterocycles. The molecule has 0 saturated heterocycles. The van der Waals surface area contributed by atoms with Gasteiger partial charge in [-0.05, 0) is 12.1 Å². The fraction of sp³-hybridized carbons (Fsp3) is 0.143. The van der Waals surface area contributed by atoms with E-state index in [1.54, 1.807) is 0 Å². The SMILES string of the molecule is FC(F)Oc1c(-c2cccc(Cl)c2Cl)cccc1C(F)(F)F. The van der Waals surface area contributed by atoms with Crippen molar-refractivity contribution in [3.05, 3.63) is 52.0 Å². The summed E-state index contributed by atoms with van der Waals surface area (Å²) in [5, 5.41) is 0.0298. The molecule has 0 saturated carbocycles. The number of hydrogen-bond acceptors (Lipinski definition) is 1. The second kappa shape index (κ2) is 6.30. The van der Waals surface area contributed by atoms with Crippen LogP contribution in [0.4, 0.5) is 22.0 Å². The molecule has 0 N–H and O–H groups in total. The summed E-state index contributed by atoms with van der Waals surface area (Å²) < 4.78 is 68.1. The third kappa shape index (κ3) is 3.44. The molecule has 22 heavy (non-hydrogen) atoms. The van der Waals surface area contributed by atoms with Crippen LogP contribution in [0.5, 0.6) is 5.75 Å². The third-order valence-electron chi connectivity index (χ3n) is 2.77. The van der Waals surface area contributed by atoms with Gasteiger partial charge in [-0.15, -0.1) is 0 Å². The van der Waals surface area contributed by atoms with Crippen molar-refractivity contribution in [2.24, 2.45) is 0 Å². The molecule has 0 radical (unpaired) electrons. The maximum absolute atomic E-state index is 13.0. The highest BCUT2D eigenvalue weighted by atomic mass is 35.5. The van der Waals surface area contributed by atoms with Gasteiger partial charge in [0, 0.05) is 11.1 Å². The number of ether oxygens (including phenoxy) is 1. The molecular formula is C14H7Cl2F5O. The van der Waals surface area contributed by atoms with Gasteiger partial charge >= 0.3 is 12.8 Å². The number of halogens is 7. The smallest absolute Gasteiger partial charge is 0.419 e. The quantitative estimate of drug-likeness (QED) is 0.588. The Kier molecular flexibility index (Phi) is 4.82. The first-order valence-electron chi connectivity index (χ1n) is 5.81. The van der Waals surface area contributed by atoms with Crippen molar-refractivity contribution < 1.29 is 26.7 Å². The van der Waals surface area contributed by atoms with Crippen LogP contribution in [0.15, 0.2) is 36.4 Å². The largest absolute Gasteiger partial charge is 0.434 e. The monoisotopic (exact) mass is 356 g/mol. The second-order valence-electron chi connectivity index (χ2n) is 4.16. The van der Waals surface area contributed by atoms with Gasteiger partial charge in [-0.3, -0.25) is 0 Å². The van der Waals surface area contributed by atoms with Crippen molar-refractivity contribution >= 4 is 23.2 Å². The minimum atomic E-state index is -4.86. The van der Waals surface area contributed by atoms with Gasteiger partial charge in [-0.1, -0.05) is 47.5 Å². The van der Waals surface area contributed by atoms with Crippen molar-refractivity contribution in [1.82, 2.24) is 0 Å². The van der Waals surface area contributed by atoms with Gasteiger partial charge in [-0.25, -0.2) is 0 Å². The van der Waals surface area contributed by atoms with Crippen molar-refractivity contribution in [2.45, 2.75) is 12.8 Å². The van der Waals surface area contributed by atoms with Gasteiger partial charge in [0.25, 0.3) is 0 Å². The molecular weight excluding hydrogens is 350 g/mol. The minimum absolute atomic E-state index is 0.0531.